The lowest BCUT2D eigenvalue weighted by Crippen LogP contribution is -2.34. The van der Waals surface area contributed by atoms with E-state index >= 15 is 0 Å². The van der Waals surface area contributed by atoms with Crippen LogP contribution in [0.3, 0.4) is 0 Å². The van der Waals surface area contributed by atoms with Crippen molar-refractivity contribution < 1.29 is 9.53 Å². The lowest BCUT2D eigenvalue weighted by molar-refractivity contribution is -0.135. The molecule has 94 valence electrons. The summed E-state index contributed by atoms with van der Waals surface area (Å²) in [5.41, 5.74) is 5.66. The molecule has 0 saturated carbocycles. The molecule has 0 aromatic carbocycles. The molecule has 0 spiro atoms. The standard InChI is InChI=1S/C12H24N2O2/c1-3-12(4-2)5-7-14(10-12)11(15)9-16-8-6-13/h3-10,13H2,1-2H3. The Balaban J connectivity index is 2.37. The molecule has 0 bridgehead atoms. The van der Waals surface area contributed by atoms with Crippen molar-refractivity contribution in [3.8, 4) is 0 Å². The number of carbonyl (C=O) groups is 1. The number of nitrogens with two attached hydrogens (primary N) is 1. The van der Waals surface area contributed by atoms with Crippen molar-refractivity contribution >= 4 is 5.91 Å². The first-order valence-corrected chi connectivity index (χ1v) is 6.23. The number of hydrogen-bond donors (Lipinski definition) is 1. The maximum Gasteiger partial charge on any atom is 0.248 e. The zero-order valence-corrected chi connectivity index (χ0v) is 10.5. The minimum Gasteiger partial charge on any atom is -0.370 e. The second kappa shape index (κ2) is 6.21. The normalized spacial score (nSPS) is 19.1. The Hall–Kier alpha value is -0.610. The predicted molar refractivity (Wildman–Crippen MR) is 64.1 cm³/mol. The van der Waals surface area contributed by atoms with Gasteiger partial charge in [0.05, 0.1) is 6.61 Å². The molecule has 1 aliphatic heterocycles. The van der Waals surface area contributed by atoms with Crippen LogP contribution in [-0.4, -0.2) is 43.7 Å². The molecular weight excluding hydrogens is 204 g/mol. The minimum absolute atomic E-state index is 0.109. The Morgan fingerprint density at radius 1 is 1.44 bits per heavy atom. The molecule has 0 aromatic heterocycles. The summed E-state index contributed by atoms with van der Waals surface area (Å²) < 4.78 is 5.18. The highest BCUT2D eigenvalue weighted by atomic mass is 16.5. The molecule has 0 aromatic rings. The summed E-state index contributed by atoms with van der Waals surface area (Å²) in [7, 11) is 0. The lowest BCUT2D eigenvalue weighted by Gasteiger charge is -2.26. The molecule has 0 atom stereocenters. The minimum atomic E-state index is 0.109. The third-order valence-corrected chi connectivity index (χ3v) is 3.78. The van der Waals surface area contributed by atoms with Crippen LogP contribution in [0, 0.1) is 5.41 Å². The third kappa shape index (κ3) is 3.19. The fourth-order valence-electron chi connectivity index (χ4n) is 2.31. The predicted octanol–water partition coefficient (Wildman–Crippen LogP) is 1.00. The maximum absolute atomic E-state index is 11.8. The van der Waals surface area contributed by atoms with Crippen molar-refractivity contribution in [3.05, 3.63) is 0 Å². The molecule has 2 N–H and O–H groups in total. The maximum atomic E-state index is 11.8. The van der Waals surface area contributed by atoms with E-state index in [1.54, 1.807) is 0 Å². The molecule has 4 heteroatoms. The van der Waals surface area contributed by atoms with Gasteiger partial charge in [0.25, 0.3) is 0 Å². The lowest BCUT2D eigenvalue weighted by atomic mass is 9.82. The van der Waals surface area contributed by atoms with Gasteiger partial charge in [0, 0.05) is 19.6 Å². The molecule has 1 fully saturated rings. The molecule has 1 heterocycles. The van der Waals surface area contributed by atoms with Gasteiger partial charge in [-0.15, -0.1) is 0 Å². The topological polar surface area (TPSA) is 55.6 Å². The van der Waals surface area contributed by atoms with Gasteiger partial charge >= 0.3 is 0 Å². The van der Waals surface area contributed by atoms with Crippen LogP contribution in [0.2, 0.25) is 0 Å². The van der Waals surface area contributed by atoms with Gasteiger partial charge in [-0.1, -0.05) is 13.8 Å². The van der Waals surface area contributed by atoms with E-state index in [-0.39, 0.29) is 12.5 Å². The van der Waals surface area contributed by atoms with Gasteiger partial charge in [0.15, 0.2) is 0 Å². The summed E-state index contributed by atoms with van der Waals surface area (Å²) in [4.78, 5) is 13.7. The average molecular weight is 228 g/mol. The molecule has 0 aliphatic carbocycles. The monoisotopic (exact) mass is 228 g/mol. The summed E-state index contributed by atoms with van der Waals surface area (Å²) in [5, 5.41) is 0. The zero-order valence-electron chi connectivity index (χ0n) is 10.5. The van der Waals surface area contributed by atoms with Gasteiger partial charge in [-0.2, -0.15) is 0 Å². The molecule has 0 unspecified atom stereocenters. The molecule has 4 nitrogen and oxygen atoms in total. The third-order valence-electron chi connectivity index (χ3n) is 3.78. The van der Waals surface area contributed by atoms with Crippen LogP contribution in [0.5, 0.6) is 0 Å². The number of amides is 1. The van der Waals surface area contributed by atoms with Crippen LogP contribution in [0.15, 0.2) is 0 Å². The summed E-state index contributed by atoms with van der Waals surface area (Å²) in [6.07, 6.45) is 3.43. The number of hydrogen-bond acceptors (Lipinski definition) is 3. The highest BCUT2D eigenvalue weighted by Gasteiger charge is 2.36. The Bertz CT molecular complexity index is 227. The fraction of sp³-hybridized carbons (Fsp3) is 0.917. The largest absolute Gasteiger partial charge is 0.370 e. The summed E-state index contributed by atoms with van der Waals surface area (Å²) in [6.45, 7) is 7.32. The first-order valence-electron chi connectivity index (χ1n) is 6.23. The van der Waals surface area contributed by atoms with Crippen LogP contribution < -0.4 is 5.73 Å². The van der Waals surface area contributed by atoms with Crippen LogP contribution >= 0.6 is 0 Å². The summed E-state index contributed by atoms with van der Waals surface area (Å²) >= 11 is 0. The smallest absolute Gasteiger partial charge is 0.248 e. The number of likely N-dealkylation sites (tertiary alicyclic amines) is 1. The van der Waals surface area contributed by atoms with Gasteiger partial charge in [-0.3, -0.25) is 4.79 Å². The van der Waals surface area contributed by atoms with Crippen molar-refractivity contribution in [1.29, 1.82) is 0 Å². The van der Waals surface area contributed by atoms with E-state index < -0.39 is 0 Å². The number of nitrogens with zero attached hydrogens (tertiary/aromatic N) is 1. The molecule has 1 rings (SSSR count). The molecular formula is C12H24N2O2. The molecule has 1 saturated heterocycles. The number of rotatable bonds is 6. The first kappa shape index (κ1) is 13.5. The van der Waals surface area contributed by atoms with Crippen molar-refractivity contribution in [2.45, 2.75) is 33.1 Å². The van der Waals surface area contributed by atoms with Crippen molar-refractivity contribution in [3.63, 3.8) is 0 Å². The summed E-state index contributed by atoms with van der Waals surface area (Å²) in [6, 6.07) is 0. The van der Waals surface area contributed by atoms with Gasteiger partial charge in [0.1, 0.15) is 6.61 Å². The second-order valence-electron chi connectivity index (χ2n) is 4.61. The van der Waals surface area contributed by atoms with Gasteiger partial charge in [-0.25, -0.2) is 0 Å². The molecule has 0 radical (unpaired) electrons. The molecule has 1 aliphatic rings. The molecule has 16 heavy (non-hydrogen) atoms. The van der Waals surface area contributed by atoms with Crippen LogP contribution in [0.4, 0.5) is 0 Å². The molecule has 1 amide bonds. The Morgan fingerprint density at radius 2 is 2.12 bits per heavy atom. The van der Waals surface area contributed by atoms with Crippen molar-refractivity contribution in [2.75, 3.05) is 32.8 Å². The Kier molecular flexibility index (Phi) is 5.22. The first-order chi connectivity index (χ1) is 7.67. The van der Waals surface area contributed by atoms with E-state index in [4.69, 9.17) is 10.5 Å². The van der Waals surface area contributed by atoms with Crippen LogP contribution in [0.25, 0.3) is 0 Å². The van der Waals surface area contributed by atoms with E-state index in [1.165, 1.54) is 0 Å². The number of ether oxygens (including phenoxy) is 1. The van der Waals surface area contributed by atoms with Crippen LogP contribution in [0.1, 0.15) is 33.1 Å². The summed E-state index contributed by atoms with van der Waals surface area (Å²) in [5.74, 6) is 0.109. The van der Waals surface area contributed by atoms with Gasteiger partial charge < -0.3 is 15.4 Å². The number of carbonyl (C=O) groups excluding carboxylic acids is 1. The highest BCUT2D eigenvalue weighted by Crippen LogP contribution is 2.36. The van der Waals surface area contributed by atoms with E-state index in [1.807, 2.05) is 4.90 Å². The van der Waals surface area contributed by atoms with E-state index in [0.717, 1.165) is 32.4 Å². The quantitative estimate of drug-likeness (QED) is 0.690. The van der Waals surface area contributed by atoms with E-state index in [2.05, 4.69) is 13.8 Å². The van der Waals surface area contributed by atoms with Crippen LogP contribution in [-0.2, 0) is 9.53 Å². The van der Waals surface area contributed by atoms with Gasteiger partial charge in [-0.05, 0) is 24.7 Å². The Labute approximate surface area is 98.1 Å². The SMILES string of the molecule is CCC1(CC)CCN(C(=O)COCCN)C1. The van der Waals surface area contributed by atoms with E-state index in [9.17, 15) is 4.79 Å². The fourth-order valence-corrected chi connectivity index (χ4v) is 2.31. The van der Waals surface area contributed by atoms with Crippen molar-refractivity contribution in [2.24, 2.45) is 11.1 Å². The van der Waals surface area contributed by atoms with Gasteiger partial charge in [0.2, 0.25) is 5.91 Å². The Morgan fingerprint density at radius 3 is 2.62 bits per heavy atom. The highest BCUT2D eigenvalue weighted by molar-refractivity contribution is 5.77. The second-order valence-corrected chi connectivity index (χ2v) is 4.61. The average Bonchev–Trinajstić information content (AvgIpc) is 2.74. The zero-order chi connectivity index (χ0) is 12.0. The van der Waals surface area contributed by atoms with E-state index in [0.29, 0.717) is 18.6 Å². The van der Waals surface area contributed by atoms with Crippen molar-refractivity contribution in [1.82, 2.24) is 4.90 Å².